The van der Waals surface area contributed by atoms with Crippen molar-refractivity contribution in [3.8, 4) is 0 Å². The molecule has 2 amide bonds. The van der Waals surface area contributed by atoms with E-state index in [1.54, 1.807) is 19.3 Å². The minimum absolute atomic E-state index is 0.0158. The molecule has 6 nitrogen and oxygen atoms in total. The number of hydrogen-bond donors (Lipinski definition) is 0. The lowest BCUT2D eigenvalue weighted by Crippen LogP contribution is -2.46. The van der Waals surface area contributed by atoms with E-state index in [1.165, 1.54) is 0 Å². The summed E-state index contributed by atoms with van der Waals surface area (Å²) in [5.74, 6) is 0.622. The second-order valence-corrected chi connectivity index (χ2v) is 7.70. The summed E-state index contributed by atoms with van der Waals surface area (Å²) in [6.45, 7) is 8.64. The lowest BCUT2D eigenvalue weighted by Gasteiger charge is -2.31. The number of hydrogen-bond acceptors (Lipinski definition) is 4. The van der Waals surface area contributed by atoms with E-state index in [1.807, 2.05) is 30.6 Å². The van der Waals surface area contributed by atoms with Gasteiger partial charge in [-0.3, -0.25) is 4.79 Å². The van der Waals surface area contributed by atoms with Crippen LogP contribution in [-0.4, -0.2) is 52.6 Å². The lowest BCUT2D eigenvalue weighted by molar-refractivity contribution is 0.0151. The highest BCUT2D eigenvalue weighted by atomic mass is 16.6. The summed E-state index contributed by atoms with van der Waals surface area (Å²) in [4.78, 5) is 29.0. The molecule has 0 N–H and O–H groups in total. The third-order valence-electron chi connectivity index (χ3n) is 4.76. The maximum absolute atomic E-state index is 12.7. The molecule has 2 aliphatic heterocycles. The Labute approximate surface area is 142 Å². The highest BCUT2D eigenvalue weighted by molar-refractivity contribution is 5.95. The molecule has 24 heavy (non-hydrogen) atoms. The number of aryl methyl sites for hydroxylation is 1. The van der Waals surface area contributed by atoms with Gasteiger partial charge in [-0.1, -0.05) is 0 Å². The fourth-order valence-corrected chi connectivity index (χ4v) is 3.65. The molecule has 3 heterocycles. The van der Waals surface area contributed by atoms with E-state index in [0.29, 0.717) is 24.4 Å². The van der Waals surface area contributed by atoms with Gasteiger partial charge in [0.25, 0.3) is 5.91 Å². The quantitative estimate of drug-likeness (QED) is 0.791. The van der Waals surface area contributed by atoms with Crippen molar-refractivity contribution in [2.75, 3.05) is 13.1 Å². The van der Waals surface area contributed by atoms with E-state index < -0.39 is 5.60 Å². The predicted molar refractivity (Wildman–Crippen MR) is 88.8 cm³/mol. The number of carbonyl (C=O) groups is 2. The van der Waals surface area contributed by atoms with Gasteiger partial charge in [0.15, 0.2) is 0 Å². The largest absolute Gasteiger partial charge is 0.469 e. The Morgan fingerprint density at radius 2 is 1.92 bits per heavy atom. The van der Waals surface area contributed by atoms with Gasteiger partial charge in [0.2, 0.25) is 0 Å². The van der Waals surface area contributed by atoms with E-state index in [9.17, 15) is 9.59 Å². The maximum Gasteiger partial charge on any atom is 0.410 e. The normalized spacial score (nSPS) is 24.0. The molecule has 0 aromatic carbocycles. The first-order chi connectivity index (χ1) is 11.3. The molecular formula is C18H26N2O4. The van der Waals surface area contributed by atoms with Crippen molar-refractivity contribution < 1.29 is 18.7 Å². The van der Waals surface area contributed by atoms with Crippen molar-refractivity contribution in [1.29, 1.82) is 0 Å². The molecule has 0 saturated carbocycles. The summed E-state index contributed by atoms with van der Waals surface area (Å²) in [7, 11) is 0. The zero-order valence-corrected chi connectivity index (χ0v) is 14.9. The number of fused-ring (bicyclic) bond motifs is 2. The molecule has 2 atom stereocenters. The Balaban J connectivity index is 1.74. The van der Waals surface area contributed by atoms with Crippen LogP contribution in [0.1, 0.15) is 56.2 Å². The van der Waals surface area contributed by atoms with Crippen LogP contribution in [0, 0.1) is 6.92 Å². The Morgan fingerprint density at radius 1 is 1.21 bits per heavy atom. The topological polar surface area (TPSA) is 63.0 Å². The van der Waals surface area contributed by atoms with Crippen molar-refractivity contribution in [2.24, 2.45) is 0 Å². The van der Waals surface area contributed by atoms with E-state index in [-0.39, 0.29) is 24.1 Å². The number of likely N-dealkylation sites (tertiary alicyclic amines) is 1. The van der Waals surface area contributed by atoms with Crippen LogP contribution in [0.5, 0.6) is 0 Å². The molecule has 2 unspecified atom stereocenters. The summed E-state index contributed by atoms with van der Waals surface area (Å²) in [6, 6.07) is 1.91. The Morgan fingerprint density at radius 3 is 2.54 bits per heavy atom. The number of carbonyl (C=O) groups excluding carboxylic acids is 2. The summed E-state index contributed by atoms with van der Waals surface area (Å²) in [6.07, 6.45) is 3.97. The average Bonchev–Trinajstić information content (AvgIpc) is 2.99. The highest BCUT2D eigenvalue weighted by Gasteiger charge is 2.43. The third kappa shape index (κ3) is 3.28. The van der Waals surface area contributed by atoms with Crippen molar-refractivity contribution in [1.82, 2.24) is 9.80 Å². The van der Waals surface area contributed by atoms with Crippen LogP contribution in [0.3, 0.4) is 0 Å². The third-order valence-corrected chi connectivity index (χ3v) is 4.76. The molecule has 2 saturated heterocycles. The summed E-state index contributed by atoms with van der Waals surface area (Å²) >= 11 is 0. The van der Waals surface area contributed by atoms with Gasteiger partial charge < -0.3 is 19.0 Å². The van der Waals surface area contributed by atoms with E-state index >= 15 is 0 Å². The summed E-state index contributed by atoms with van der Waals surface area (Å²) in [5.41, 5.74) is 0.100. The number of rotatable bonds is 1. The van der Waals surface area contributed by atoms with Crippen LogP contribution in [0.2, 0.25) is 0 Å². The first-order valence-corrected chi connectivity index (χ1v) is 8.61. The molecule has 3 rings (SSSR count). The van der Waals surface area contributed by atoms with Crippen molar-refractivity contribution in [3.63, 3.8) is 0 Å². The van der Waals surface area contributed by atoms with Gasteiger partial charge in [0, 0.05) is 19.1 Å². The second-order valence-electron chi connectivity index (χ2n) is 7.70. The van der Waals surface area contributed by atoms with Crippen molar-refractivity contribution >= 4 is 12.0 Å². The number of ether oxygens (including phenoxy) is 1. The Hall–Kier alpha value is -1.98. The molecule has 2 aliphatic rings. The van der Waals surface area contributed by atoms with E-state index in [0.717, 1.165) is 19.3 Å². The predicted octanol–water partition coefficient (Wildman–Crippen LogP) is 3.20. The molecule has 0 spiro atoms. The first kappa shape index (κ1) is 16.9. The van der Waals surface area contributed by atoms with Crippen molar-refractivity contribution in [2.45, 2.75) is 64.6 Å². The molecule has 2 bridgehead atoms. The van der Waals surface area contributed by atoms with Gasteiger partial charge in [-0.2, -0.15) is 0 Å². The van der Waals surface area contributed by atoms with E-state index in [2.05, 4.69) is 0 Å². The number of furan rings is 1. The van der Waals surface area contributed by atoms with Crippen molar-refractivity contribution in [3.05, 3.63) is 23.7 Å². The molecule has 1 aromatic rings. The SMILES string of the molecule is Cc1occc1C(=O)N1CCC2CCC(C1)N2C(=O)OC(C)(C)C. The van der Waals surface area contributed by atoms with Crippen LogP contribution in [0.25, 0.3) is 0 Å². The minimum Gasteiger partial charge on any atom is -0.469 e. The molecule has 1 aromatic heterocycles. The highest BCUT2D eigenvalue weighted by Crippen LogP contribution is 2.32. The minimum atomic E-state index is -0.508. The average molecular weight is 334 g/mol. The summed E-state index contributed by atoms with van der Waals surface area (Å²) in [5, 5.41) is 0. The fraction of sp³-hybridized carbons (Fsp3) is 0.667. The van der Waals surface area contributed by atoms with Gasteiger partial charge >= 0.3 is 6.09 Å². The standard InChI is InChI=1S/C18H26N2O4/c1-12-15(8-10-23-12)16(21)19-9-7-13-5-6-14(11-19)20(13)17(22)24-18(2,3)4/h8,10,13-14H,5-7,9,11H2,1-4H3. The van der Waals surface area contributed by atoms with E-state index in [4.69, 9.17) is 9.15 Å². The van der Waals surface area contributed by atoms with Gasteiger partial charge in [-0.05, 0) is 53.0 Å². The van der Waals surface area contributed by atoms with Crippen LogP contribution in [0.15, 0.2) is 16.7 Å². The Bertz CT molecular complexity index is 631. The van der Waals surface area contributed by atoms with Crippen LogP contribution < -0.4 is 0 Å². The zero-order chi connectivity index (χ0) is 17.5. The van der Waals surface area contributed by atoms with Gasteiger partial charge in [-0.25, -0.2) is 4.79 Å². The molecule has 6 heteroatoms. The van der Waals surface area contributed by atoms with Gasteiger partial charge in [0.1, 0.15) is 11.4 Å². The van der Waals surface area contributed by atoms with Gasteiger partial charge in [-0.15, -0.1) is 0 Å². The number of nitrogens with zero attached hydrogens (tertiary/aromatic N) is 2. The second kappa shape index (κ2) is 6.15. The molecule has 132 valence electrons. The molecule has 0 radical (unpaired) electrons. The molecule has 2 fully saturated rings. The molecular weight excluding hydrogens is 308 g/mol. The van der Waals surface area contributed by atoms with Gasteiger partial charge in [0.05, 0.1) is 17.9 Å². The Kier molecular flexibility index (Phi) is 4.32. The maximum atomic E-state index is 12.7. The number of amides is 2. The first-order valence-electron chi connectivity index (χ1n) is 8.61. The monoisotopic (exact) mass is 334 g/mol. The molecule has 0 aliphatic carbocycles. The summed E-state index contributed by atoms with van der Waals surface area (Å²) < 4.78 is 10.8. The van der Waals surface area contributed by atoms with Crippen LogP contribution >= 0.6 is 0 Å². The zero-order valence-electron chi connectivity index (χ0n) is 14.9. The fourth-order valence-electron chi connectivity index (χ4n) is 3.65. The smallest absolute Gasteiger partial charge is 0.410 e. The van der Waals surface area contributed by atoms with Crippen LogP contribution in [0.4, 0.5) is 4.79 Å². The lowest BCUT2D eigenvalue weighted by atomic mass is 10.1. The van der Waals surface area contributed by atoms with Crippen LogP contribution in [-0.2, 0) is 4.74 Å².